The molecule has 0 radical (unpaired) electrons. The van der Waals surface area contributed by atoms with Crippen LogP contribution >= 0.6 is 0 Å². The number of nitrogens with one attached hydrogen (secondary N) is 1. The molecule has 186 valence electrons. The van der Waals surface area contributed by atoms with E-state index >= 15 is 0 Å². The molecule has 1 amide bonds. The molecule has 6 rings (SSSR count). The highest BCUT2D eigenvalue weighted by atomic mass is 16.2. The van der Waals surface area contributed by atoms with Crippen molar-refractivity contribution in [1.82, 2.24) is 0 Å². The Morgan fingerprint density at radius 3 is 2.38 bits per heavy atom. The monoisotopic (exact) mass is 490 g/mol. The van der Waals surface area contributed by atoms with Gasteiger partial charge in [-0.3, -0.25) is 14.4 Å². The molecule has 0 unspecified atom stereocenters. The standard InChI is InChI=1S/C32H30N2O3/c1-19-14-16-24-21(18-19)15-17-25-32(22-12-8-9-13-23(22)33-30(32)37)26(28(35)20-10-6-5-7-11-20)27(34(24)25)29(36)31(2,3)4/h5-18,25-27H,1-4H3,(H,33,37)/t25-,26+,27+,32-/m1/s1. The second-order valence-electron chi connectivity index (χ2n) is 11.4. The predicted octanol–water partition coefficient (Wildman–Crippen LogP) is 5.58. The summed E-state index contributed by atoms with van der Waals surface area (Å²) in [7, 11) is 0. The summed E-state index contributed by atoms with van der Waals surface area (Å²) in [5.74, 6) is -1.39. The van der Waals surface area contributed by atoms with Gasteiger partial charge < -0.3 is 10.2 Å². The maximum atomic E-state index is 14.5. The van der Waals surface area contributed by atoms with E-state index in [2.05, 4.69) is 16.3 Å². The minimum absolute atomic E-state index is 0.0531. The number of para-hydroxylation sites is 1. The van der Waals surface area contributed by atoms with E-state index in [1.807, 2.05) is 94.4 Å². The number of Topliss-reactive ketones (excluding diaryl/α,β-unsaturated/α-hetero) is 2. The molecule has 0 aliphatic carbocycles. The Kier molecular flexibility index (Phi) is 5.07. The van der Waals surface area contributed by atoms with Crippen molar-refractivity contribution in [3.05, 3.63) is 101 Å². The number of hydrogen-bond acceptors (Lipinski definition) is 4. The summed E-state index contributed by atoms with van der Waals surface area (Å²) in [5.41, 5.74) is 2.96. The topological polar surface area (TPSA) is 66.5 Å². The number of benzene rings is 3. The number of fused-ring (bicyclic) bond motifs is 6. The first-order valence-electron chi connectivity index (χ1n) is 12.8. The average molecular weight is 491 g/mol. The van der Waals surface area contributed by atoms with Gasteiger partial charge in [0.2, 0.25) is 5.91 Å². The average Bonchev–Trinajstić information content (AvgIpc) is 3.35. The van der Waals surface area contributed by atoms with Gasteiger partial charge in [0, 0.05) is 22.4 Å². The summed E-state index contributed by atoms with van der Waals surface area (Å²) in [5, 5.41) is 3.07. The first-order chi connectivity index (χ1) is 17.7. The van der Waals surface area contributed by atoms with Crippen LogP contribution in [0.4, 0.5) is 11.4 Å². The molecular weight excluding hydrogens is 460 g/mol. The molecule has 4 atom stereocenters. The SMILES string of the molecule is Cc1ccc2c(c1)C=C[C@H]1N2[C@H](C(=O)C(C)(C)C)[C@@H](C(=O)c2ccccc2)[C@]12C(=O)Nc1ccccc12. The van der Waals surface area contributed by atoms with Crippen molar-refractivity contribution in [1.29, 1.82) is 0 Å². The zero-order valence-electron chi connectivity index (χ0n) is 21.5. The smallest absolute Gasteiger partial charge is 0.238 e. The van der Waals surface area contributed by atoms with Crippen LogP contribution in [0.25, 0.3) is 6.08 Å². The first kappa shape index (κ1) is 23.4. The molecular formula is C32H30N2O3. The third-order valence-corrected chi connectivity index (χ3v) is 8.14. The highest BCUT2D eigenvalue weighted by molar-refractivity contribution is 6.17. The molecule has 1 fully saturated rings. The molecule has 3 aliphatic rings. The molecule has 3 heterocycles. The van der Waals surface area contributed by atoms with E-state index in [1.165, 1.54) is 0 Å². The third kappa shape index (κ3) is 3.19. The van der Waals surface area contributed by atoms with Crippen molar-refractivity contribution in [3.63, 3.8) is 0 Å². The summed E-state index contributed by atoms with van der Waals surface area (Å²) in [4.78, 5) is 45.2. The van der Waals surface area contributed by atoms with Crippen molar-refractivity contribution in [2.45, 2.75) is 45.2 Å². The molecule has 0 saturated carbocycles. The molecule has 3 aromatic rings. The summed E-state index contributed by atoms with van der Waals surface area (Å²) >= 11 is 0. The molecule has 1 N–H and O–H groups in total. The molecule has 5 nitrogen and oxygen atoms in total. The van der Waals surface area contributed by atoms with Crippen molar-refractivity contribution in [2.24, 2.45) is 11.3 Å². The van der Waals surface area contributed by atoms with Crippen LogP contribution in [0.5, 0.6) is 0 Å². The summed E-state index contributed by atoms with van der Waals surface area (Å²) in [6.45, 7) is 7.69. The lowest BCUT2D eigenvalue weighted by Gasteiger charge is -2.38. The fraction of sp³-hybridized carbons (Fsp3) is 0.281. The zero-order chi connectivity index (χ0) is 26.1. The third-order valence-electron chi connectivity index (χ3n) is 8.14. The maximum absolute atomic E-state index is 14.5. The van der Waals surface area contributed by atoms with E-state index in [4.69, 9.17) is 0 Å². The Bertz CT molecular complexity index is 1480. The normalized spacial score (nSPS) is 25.5. The van der Waals surface area contributed by atoms with Crippen LogP contribution in [-0.4, -0.2) is 29.6 Å². The summed E-state index contributed by atoms with van der Waals surface area (Å²) in [6, 6.07) is 21.5. The van der Waals surface area contributed by atoms with E-state index < -0.39 is 28.8 Å². The van der Waals surface area contributed by atoms with Crippen molar-refractivity contribution >= 4 is 34.9 Å². The summed E-state index contributed by atoms with van der Waals surface area (Å²) < 4.78 is 0. The Morgan fingerprint density at radius 2 is 1.65 bits per heavy atom. The van der Waals surface area contributed by atoms with E-state index in [9.17, 15) is 14.4 Å². The van der Waals surface area contributed by atoms with Gasteiger partial charge in [-0.2, -0.15) is 0 Å². The fourth-order valence-corrected chi connectivity index (χ4v) is 6.52. The van der Waals surface area contributed by atoms with Crippen LogP contribution < -0.4 is 10.2 Å². The van der Waals surface area contributed by atoms with Gasteiger partial charge in [-0.05, 0) is 36.2 Å². The van der Waals surface area contributed by atoms with Crippen LogP contribution in [-0.2, 0) is 15.0 Å². The zero-order valence-corrected chi connectivity index (χ0v) is 21.5. The quantitative estimate of drug-likeness (QED) is 0.487. The van der Waals surface area contributed by atoms with Gasteiger partial charge in [-0.15, -0.1) is 0 Å². The van der Waals surface area contributed by atoms with Gasteiger partial charge in [0.05, 0.1) is 12.0 Å². The van der Waals surface area contributed by atoms with E-state index in [-0.39, 0.29) is 17.5 Å². The first-order valence-corrected chi connectivity index (χ1v) is 12.8. The number of hydrogen-bond donors (Lipinski definition) is 1. The number of nitrogens with zero attached hydrogens (tertiary/aromatic N) is 1. The second-order valence-corrected chi connectivity index (χ2v) is 11.4. The van der Waals surface area contributed by atoms with E-state index in [0.717, 1.165) is 22.4 Å². The van der Waals surface area contributed by atoms with Gasteiger partial charge >= 0.3 is 0 Å². The predicted molar refractivity (Wildman–Crippen MR) is 146 cm³/mol. The Hall–Kier alpha value is -3.99. The lowest BCUT2D eigenvalue weighted by atomic mass is 9.63. The lowest BCUT2D eigenvalue weighted by Crippen LogP contribution is -2.51. The maximum Gasteiger partial charge on any atom is 0.238 e. The Balaban J connectivity index is 1.69. The highest BCUT2D eigenvalue weighted by Crippen LogP contribution is 2.58. The number of aryl methyl sites for hydroxylation is 1. The number of ketones is 2. The minimum Gasteiger partial charge on any atom is -0.352 e. The molecule has 37 heavy (non-hydrogen) atoms. The molecule has 0 aromatic heterocycles. The largest absolute Gasteiger partial charge is 0.352 e. The Labute approximate surface area is 217 Å². The van der Waals surface area contributed by atoms with Crippen molar-refractivity contribution < 1.29 is 14.4 Å². The van der Waals surface area contributed by atoms with Gasteiger partial charge in [-0.25, -0.2) is 0 Å². The van der Waals surface area contributed by atoms with Crippen LogP contribution in [0.3, 0.4) is 0 Å². The molecule has 1 spiro atoms. The van der Waals surface area contributed by atoms with Crippen LogP contribution in [0.15, 0.2) is 78.9 Å². The van der Waals surface area contributed by atoms with Crippen LogP contribution in [0.1, 0.15) is 47.8 Å². The Morgan fingerprint density at radius 1 is 0.946 bits per heavy atom. The van der Waals surface area contributed by atoms with E-state index in [0.29, 0.717) is 11.3 Å². The molecule has 0 bridgehead atoms. The molecule has 5 heteroatoms. The van der Waals surface area contributed by atoms with Crippen molar-refractivity contribution in [3.8, 4) is 0 Å². The summed E-state index contributed by atoms with van der Waals surface area (Å²) in [6.07, 6.45) is 4.05. The second kappa shape index (κ2) is 8.01. The minimum atomic E-state index is -1.26. The number of amides is 1. The lowest BCUT2D eigenvalue weighted by molar-refractivity contribution is -0.128. The number of rotatable bonds is 3. The van der Waals surface area contributed by atoms with E-state index in [1.54, 1.807) is 12.1 Å². The molecule has 3 aromatic carbocycles. The van der Waals surface area contributed by atoms with Gasteiger partial charge in [0.15, 0.2) is 11.6 Å². The number of carbonyl (C=O) groups is 3. The van der Waals surface area contributed by atoms with Gasteiger partial charge in [-0.1, -0.05) is 93.1 Å². The number of carbonyl (C=O) groups excluding carboxylic acids is 3. The van der Waals surface area contributed by atoms with Crippen LogP contribution in [0.2, 0.25) is 0 Å². The van der Waals surface area contributed by atoms with Gasteiger partial charge in [0.1, 0.15) is 11.5 Å². The number of anilines is 2. The highest BCUT2D eigenvalue weighted by Gasteiger charge is 2.70. The van der Waals surface area contributed by atoms with Gasteiger partial charge in [0.25, 0.3) is 0 Å². The fourth-order valence-electron chi connectivity index (χ4n) is 6.52. The van der Waals surface area contributed by atoms with Crippen molar-refractivity contribution in [2.75, 3.05) is 10.2 Å². The molecule has 1 saturated heterocycles. The van der Waals surface area contributed by atoms with Crippen LogP contribution in [0, 0.1) is 18.3 Å². The molecule has 3 aliphatic heterocycles.